The molecule has 3 nitrogen and oxygen atoms in total. The molecular formula is C14H14ClNO2. The number of halogens is 1. The van der Waals surface area contributed by atoms with Gasteiger partial charge in [-0.25, -0.2) is 0 Å². The fraction of sp³-hybridized carbons (Fsp3) is 0.286. The molecule has 0 amide bonds. The molecule has 2 rings (SSSR count). The minimum absolute atomic E-state index is 0.0148. The second kappa shape index (κ2) is 4.94. The van der Waals surface area contributed by atoms with Crippen LogP contribution in [0.3, 0.4) is 0 Å². The minimum atomic E-state index is -0.294. The molecule has 0 bridgehead atoms. The number of carbonyl (C=O) groups excluding carboxylic acids is 2. The van der Waals surface area contributed by atoms with Gasteiger partial charge in [-0.2, -0.15) is 0 Å². The van der Waals surface area contributed by atoms with Crippen LogP contribution in [0.2, 0.25) is 0 Å². The van der Waals surface area contributed by atoms with E-state index < -0.39 is 0 Å². The molecule has 0 spiro atoms. The van der Waals surface area contributed by atoms with Crippen molar-refractivity contribution in [3.63, 3.8) is 0 Å². The number of ketones is 2. The Balaban J connectivity index is 2.46. The van der Waals surface area contributed by atoms with Crippen molar-refractivity contribution >= 4 is 23.2 Å². The number of nitrogens with one attached hydrogen (secondary N) is 1. The predicted octanol–water partition coefficient (Wildman–Crippen LogP) is 2.90. The number of carbonyl (C=O) groups is 2. The normalized spacial score (nSPS) is 16.6. The minimum Gasteiger partial charge on any atom is -0.378 e. The number of fused-ring (bicyclic) bond motifs is 1. The second-order valence-corrected chi connectivity index (χ2v) is 4.72. The highest BCUT2D eigenvalue weighted by Crippen LogP contribution is 2.27. The van der Waals surface area contributed by atoms with Gasteiger partial charge in [0.25, 0.3) is 0 Å². The first-order chi connectivity index (χ1) is 8.56. The molecule has 0 fully saturated rings. The summed E-state index contributed by atoms with van der Waals surface area (Å²) in [5.41, 5.74) is 1.01. The van der Waals surface area contributed by atoms with Crippen LogP contribution in [0, 0.1) is 0 Å². The van der Waals surface area contributed by atoms with E-state index in [9.17, 15) is 9.59 Å². The maximum absolute atomic E-state index is 12.3. The Bertz CT molecular complexity index is 548. The molecule has 1 atom stereocenters. The maximum atomic E-state index is 12.3. The highest BCUT2D eigenvalue weighted by molar-refractivity contribution is 6.49. The molecule has 1 aromatic rings. The van der Waals surface area contributed by atoms with Crippen LogP contribution in [0.25, 0.3) is 0 Å². The van der Waals surface area contributed by atoms with E-state index in [1.165, 1.54) is 0 Å². The zero-order valence-corrected chi connectivity index (χ0v) is 11.0. The first-order valence-corrected chi connectivity index (χ1v) is 6.28. The lowest BCUT2D eigenvalue weighted by molar-refractivity contribution is 0.0973. The molecule has 1 aromatic carbocycles. The molecule has 0 aliphatic heterocycles. The van der Waals surface area contributed by atoms with Crippen LogP contribution in [-0.2, 0) is 0 Å². The van der Waals surface area contributed by atoms with Crippen molar-refractivity contribution in [2.24, 2.45) is 0 Å². The van der Waals surface area contributed by atoms with Gasteiger partial charge in [0.1, 0.15) is 10.7 Å². The summed E-state index contributed by atoms with van der Waals surface area (Å²) < 4.78 is 0. The lowest BCUT2D eigenvalue weighted by Gasteiger charge is -2.21. The lowest BCUT2D eigenvalue weighted by Crippen LogP contribution is -2.34. The largest absolute Gasteiger partial charge is 0.378 e. The number of hydrogen-bond acceptors (Lipinski definition) is 3. The zero-order chi connectivity index (χ0) is 13.3. The number of benzene rings is 1. The van der Waals surface area contributed by atoms with Crippen LogP contribution in [0.5, 0.6) is 0 Å². The molecule has 0 aromatic heterocycles. The van der Waals surface area contributed by atoms with E-state index in [0.717, 1.165) is 6.42 Å². The lowest BCUT2D eigenvalue weighted by atomic mass is 9.92. The molecule has 0 heterocycles. The summed E-state index contributed by atoms with van der Waals surface area (Å²) >= 11 is 6.00. The van der Waals surface area contributed by atoms with Crippen LogP contribution < -0.4 is 5.32 Å². The van der Waals surface area contributed by atoms with Gasteiger partial charge in [-0.1, -0.05) is 42.8 Å². The van der Waals surface area contributed by atoms with Gasteiger partial charge in [0.05, 0.1) is 0 Å². The quantitative estimate of drug-likeness (QED) is 0.912. The topological polar surface area (TPSA) is 46.2 Å². The summed E-state index contributed by atoms with van der Waals surface area (Å²) in [5, 5.41) is 3.00. The van der Waals surface area contributed by atoms with E-state index >= 15 is 0 Å². The summed E-state index contributed by atoms with van der Waals surface area (Å²) in [6, 6.07) is 6.83. The molecule has 1 N–H and O–H groups in total. The van der Waals surface area contributed by atoms with E-state index in [1.54, 1.807) is 24.3 Å². The van der Waals surface area contributed by atoms with Crippen molar-refractivity contribution in [3.8, 4) is 0 Å². The van der Waals surface area contributed by atoms with Gasteiger partial charge >= 0.3 is 0 Å². The van der Waals surface area contributed by atoms with Gasteiger partial charge < -0.3 is 5.32 Å². The fourth-order valence-electron chi connectivity index (χ4n) is 1.82. The van der Waals surface area contributed by atoms with E-state index in [0.29, 0.717) is 11.1 Å². The van der Waals surface area contributed by atoms with Crippen molar-refractivity contribution in [1.82, 2.24) is 5.32 Å². The van der Waals surface area contributed by atoms with E-state index in [1.807, 2.05) is 13.8 Å². The fourth-order valence-corrected chi connectivity index (χ4v) is 2.06. The zero-order valence-electron chi connectivity index (χ0n) is 10.3. The SMILES string of the molecule is CCC(C)NC1=C(Cl)C(=O)c2ccccc2C1=O. The smallest absolute Gasteiger partial charge is 0.211 e. The highest BCUT2D eigenvalue weighted by Gasteiger charge is 2.31. The van der Waals surface area contributed by atoms with Gasteiger partial charge in [0, 0.05) is 17.2 Å². The molecule has 1 unspecified atom stereocenters. The van der Waals surface area contributed by atoms with Crippen LogP contribution >= 0.6 is 11.6 Å². The van der Waals surface area contributed by atoms with Crippen LogP contribution in [-0.4, -0.2) is 17.6 Å². The molecular weight excluding hydrogens is 250 g/mol. The number of rotatable bonds is 3. The van der Waals surface area contributed by atoms with Crippen molar-refractivity contribution in [1.29, 1.82) is 0 Å². The third-order valence-electron chi connectivity index (χ3n) is 3.07. The molecule has 18 heavy (non-hydrogen) atoms. The Morgan fingerprint density at radius 3 is 2.28 bits per heavy atom. The Hall–Kier alpha value is -1.61. The standard InChI is InChI=1S/C14H14ClNO2/c1-3-8(2)16-12-11(15)13(17)9-6-4-5-7-10(9)14(12)18/h4-8,16H,3H2,1-2H3. The van der Waals surface area contributed by atoms with Gasteiger partial charge in [0.2, 0.25) is 11.6 Å². The summed E-state index contributed by atoms with van der Waals surface area (Å²) in [4.78, 5) is 24.3. The highest BCUT2D eigenvalue weighted by atomic mass is 35.5. The maximum Gasteiger partial charge on any atom is 0.211 e. The van der Waals surface area contributed by atoms with Gasteiger partial charge in [-0.15, -0.1) is 0 Å². The first-order valence-electron chi connectivity index (χ1n) is 5.91. The summed E-state index contributed by atoms with van der Waals surface area (Å²) in [6.45, 7) is 3.94. The number of allylic oxidation sites excluding steroid dienone is 2. The molecule has 1 aliphatic carbocycles. The Morgan fingerprint density at radius 1 is 1.17 bits per heavy atom. The molecule has 4 heteroatoms. The van der Waals surface area contributed by atoms with Crippen LogP contribution in [0.15, 0.2) is 35.0 Å². The van der Waals surface area contributed by atoms with E-state index in [2.05, 4.69) is 5.32 Å². The van der Waals surface area contributed by atoms with Crippen molar-refractivity contribution in [3.05, 3.63) is 46.1 Å². The van der Waals surface area contributed by atoms with Crippen LogP contribution in [0.4, 0.5) is 0 Å². The number of hydrogen-bond donors (Lipinski definition) is 1. The Morgan fingerprint density at radius 2 is 1.72 bits per heavy atom. The first kappa shape index (κ1) is 12.8. The third kappa shape index (κ3) is 2.06. The molecule has 0 saturated carbocycles. The predicted molar refractivity (Wildman–Crippen MR) is 70.9 cm³/mol. The molecule has 94 valence electrons. The second-order valence-electron chi connectivity index (χ2n) is 4.35. The van der Waals surface area contributed by atoms with Gasteiger partial charge in [0.15, 0.2) is 0 Å². The van der Waals surface area contributed by atoms with E-state index in [-0.39, 0.29) is 28.3 Å². The van der Waals surface area contributed by atoms with Gasteiger partial charge in [-0.05, 0) is 13.3 Å². The summed E-state index contributed by atoms with van der Waals surface area (Å²) in [7, 11) is 0. The molecule has 1 aliphatic rings. The van der Waals surface area contributed by atoms with Crippen molar-refractivity contribution < 1.29 is 9.59 Å². The monoisotopic (exact) mass is 263 g/mol. The Labute approximate surface area is 111 Å². The summed E-state index contributed by atoms with van der Waals surface area (Å²) in [5.74, 6) is -0.506. The number of Topliss-reactive ketones (excluding diaryl/α,β-unsaturated/α-hetero) is 2. The molecule has 0 radical (unpaired) electrons. The third-order valence-corrected chi connectivity index (χ3v) is 3.43. The Kier molecular flexibility index (Phi) is 3.53. The van der Waals surface area contributed by atoms with Gasteiger partial charge in [-0.3, -0.25) is 9.59 Å². The molecule has 0 saturated heterocycles. The average molecular weight is 264 g/mol. The van der Waals surface area contributed by atoms with Crippen LogP contribution in [0.1, 0.15) is 41.0 Å². The average Bonchev–Trinajstić information content (AvgIpc) is 2.40. The summed E-state index contributed by atoms with van der Waals surface area (Å²) in [6.07, 6.45) is 0.844. The van der Waals surface area contributed by atoms with E-state index in [4.69, 9.17) is 11.6 Å². The van der Waals surface area contributed by atoms with Crippen molar-refractivity contribution in [2.75, 3.05) is 0 Å². The van der Waals surface area contributed by atoms with Crippen molar-refractivity contribution in [2.45, 2.75) is 26.3 Å².